The molecule has 7 heteroatoms. The first-order valence-corrected chi connectivity index (χ1v) is 11.0. The fraction of sp³-hybridized carbons (Fsp3) is 0.154. The van der Waals surface area contributed by atoms with Gasteiger partial charge in [-0.25, -0.2) is 0 Å². The Morgan fingerprint density at radius 3 is 2.58 bits per heavy atom. The van der Waals surface area contributed by atoms with Gasteiger partial charge in [0.2, 0.25) is 0 Å². The maximum atomic E-state index is 12.6. The molecular weight excluding hydrogens is 459 g/mol. The lowest BCUT2D eigenvalue weighted by Gasteiger charge is -2.13. The number of carbonyl (C=O) groups is 1. The second-order valence-electron chi connectivity index (χ2n) is 7.14. The molecule has 33 heavy (non-hydrogen) atoms. The monoisotopic (exact) mass is 480 g/mol. The van der Waals surface area contributed by atoms with Gasteiger partial charge in [0.25, 0.3) is 5.91 Å². The van der Waals surface area contributed by atoms with E-state index in [2.05, 4.69) is 11.4 Å². The standard InChI is InChI=1S/C26H22Cl2N2O3/c1-3-32-24-14-18(10-11-23(24)33-16-19-7-4-6-17(2)12-19)13-20(15-29)26(31)30-22-9-5-8-21(27)25(22)28/h4-14H,3,16H2,1-2H3,(H,30,31)/b20-13-. The predicted molar refractivity (Wildman–Crippen MR) is 132 cm³/mol. The molecule has 1 N–H and O–H groups in total. The Hall–Kier alpha value is -3.46. The van der Waals surface area contributed by atoms with E-state index in [0.29, 0.717) is 41.0 Å². The third kappa shape index (κ3) is 6.52. The summed E-state index contributed by atoms with van der Waals surface area (Å²) in [6, 6.07) is 20.1. The van der Waals surface area contributed by atoms with Crippen molar-refractivity contribution in [2.45, 2.75) is 20.5 Å². The molecule has 168 valence electrons. The van der Waals surface area contributed by atoms with E-state index in [1.807, 2.05) is 38.1 Å². The normalized spacial score (nSPS) is 10.9. The summed E-state index contributed by atoms with van der Waals surface area (Å²) in [6.45, 7) is 4.73. The lowest BCUT2D eigenvalue weighted by atomic mass is 10.1. The number of rotatable bonds is 8. The molecule has 0 radical (unpaired) electrons. The Balaban J connectivity index is 1.80. The van der Waals surface area contributed by atoms with Crippen LogP contribution in [0.1, 0.15) is 23.6 Å². The molecule has 0 aromatic heterocycles. The summed E-state index contributed by atoms with van der Waals surface area (Å²) >= 11 is 12.1. The Kier molecular flexibility index (Phi) is 8.37. The Labute approximate surface area is 203 Å². The van der Waals surface area contributed by atoms with Crippen LogP contribution in [0.3, 0.4) is 0 Å². The van der Waals surface area contributed by atoms with Crippen molar-refractivity contribution in [3.63, 3.8) is 0 Å². The topological polar surface area (TPSA) is 71.3 Å². The van der Waals surface area contributed by atoms with E-state index in [-0.39, 0.29) is 10.6 Å². The zero-order valence-corrected chi connectivity index (χ0v) is 19.7. The number of nitriles is 1. The SMILES string of the molecule is CCOc1cc(/C=C(/C#N)C(=O)Nc2cccc(Cl)c2Cl)ccc1OCc1cccc(C)c1. The number of aryl methyl sites for hydroxylation is 1. The number of nitrogens with zero attached hydrogens (tertiary/aromatic N) is 1. The van der Waals surface area contributed by atoms with Gasteiger partial charge in [0.15, 0.2) is 11.5 Å². The highest BCUT2D eigenvalue weighted by Gasteiger charge is 2.14. The van der Waals surface area contributed by atoms with Crippen LogP contribution in [0.5, 0.6) is 11.5 Å². The number of halogens is 2. The van der Waals surface area contributed by atoms with E-state index in [1.54, 1.807) is 36.4 Å². The van der Waals surface area contributed by atoms with Gasteiger partial charge < -0.3 is 14.8 Å². The van der Waals surface area contributed by atoms with Crippen LogP contribution in [0, 0.1) is 18.3 Å². The second kappa shape index (κ2) is 11.4. The lowest BCUT2D eigenvalue weighted by Crippen LogP contribution is -2.13. The van der Waals surface area contributed by atoms with Gasteiger partial charge >= 0.3 is 0 Å². The average molecular weight is 481 g/mol. The van der Waals surface area contributed by atoms with E-state index in [0.717, 1.165) is 11.1 Å². The maximum Gasteiger partial charge on any atom is 0.266 e. The number of amides is 1. The molecule has 0 bridgehead atoms. The zero-order valence-electron chi connectivity index (χ0n) is 18.2. The first kappa shape index (κ1) is 24.2. The van der Waals surface area contributed by atoms with Crippen LogP contribution < -0.4 is 14.8 Å². The van der Waals surface area contributed by atoms with Crippen molar-refractivity contribution in [1.29, 1.82) is 5.26 Å². The van der Waals surface area contributed by atoms with Crippen LogP contribution >= 0.6 is 23.2 Å². The highest BCUT2D eigenvalue weighted by molar-refractivity contribution is 6.44. The van der Waals surface area contributed by atoms with E-state index < -0.39 is 5.91 Å². The summed E-state index contributed by atoms with van der Waals surface area (Å²) in [4.78, 5) is 12.6. The molecule has 0 heterocycles. The third-order valence-electron chi connectivity index (χ3n) is 4.62. The van der Waals surface area contributed by atoms with Crippen LogP contribution in [0.4, 0.5) is 5.69 Å². The van der Waals surface area contributed by atoms with E-state index in [9.17, 15) is 10.1 Å². The van der Waals surface area contributed by atoms with Gasteiger partial charge in [-0.05, 0) is 55.3 Å². The van der Waals surface area contributed by atoms with Crippen molar-refractivity contribution in [3.05, 3.63) is 93.0 Å². The number of nitrogens with one attached hydrogen (secondary N) is 1. The Morgan fingerprint density at radius 2 is 1.85 bits per heavy atom. The van der Waals surface area contributed by atoms with Crippen LogP contribution in [0.15, 0.2) is 66.2 Å². The lowest BCUT2D eigenvalue weighted by molar-refractivity contribution is -0.112. The van der Waals surface area contributed by atoms with E-state index in [4.69, 9.17) is 32.7 Å². The number of benzene rings is 3. The molecule has 0 spiro atoms. The van der Waals surface area contributed by atoms with Gasteiger partial charge in [-0.1, -0.05) is 65.2 Å². The number of anilines is 1. The number of carbonyl (C=O) groups excluding carboxylic acids is 1. The van der Waals surface area contributed by atoms with E-state index in [1.165, 1.54) is 6.08 Å². The average Bonchev–Trinajstić information content (AvgIpc) is 2.80. The van der Waals surface area contributed by atoms with Crippen molar-refractivity contribution >= 4 is 40.9 Å². The Bertz CT molecular complexity index is 1230. The van der Waals surface area contributed by atoms with Gasteiger partial charge in [-0.3, -0.25) is 4.79 Å². The van der Waals surface area contributed by atoms with Crippen molar-refractivity contribution in [2.24, 2.45) is 0 Å². The first-order valence-electron chi connectivity index (χ1n) is 10.2. The summed E-state index contributed by atoms with van der Waals surface area (Å²) < 4.78 is 11.7. The molecule has 0 fully saturated rings. The predicted octanol–water partition coefficient (Wildman–Crippen LogP) is 6.83. The molecule has 5 nitrogen and oxygen atoms in total. The van der Waals surface area contributed by atoms with Crippen molar-refractivity contribution in [2.75, 3.05) is 11.9 Å². The molecule has 0 saturated heterocycles. The van der Waals surface area contributed by atoms with Crippen LogP contribution in [0.25, 0.3) is 6.08 Å². The molecule has 3 rings (SSSR count). The molecule has 0 saturated carbocycles. The van der Waals surface area contributed by atoms with Crippen LogP contribution in [-0.2, 0) is 11.4 Å². The first-order chi connectivity index (χ1) is 15.9. The molecule has 0 aliphatic heterocycles. The maximum absolute atomic E-state index is 12.6. The molecule has 0 aliphatic rings. The fourth-order valence-corrected chi connectivity index (χ4v) is 3.42. The number of hydrogen-bond acceptors (Lipinski definition) is 4. The number of hydrogen-bond donors (Lipinski definition) is 1. The molecule has 0 atom stereocenters. The second-order valence-corrected chi connectivity index (χ2v) is 7.93. The molecule has 3 aromatic rings. The summed E-state index contributed by atoms with van der Waals surface area (Å²) in [5.41, 5.74) is 3.05. The minimum Gasteiger partial charge on any atom is -0.490 e. The summed E-state index contributed by atoms with van der Waals surface area (Å²) in [7, 11) is 0. The minimum atomic E-state index is -0.598. The summed E-state index contributed by atoms with van der Waals surface area (Å²) in [6.07, 6.45) is 1.47. The fourth-order valence-electron chi connectivity index (χ4n) is 3.07. The van der Waals surface area contributed by atoms with Gasteiger partial charge in [0.1, 0.15) is 18.2 Å². The van der Waals surface area contributed by atoms with Gasteiger partial charge in [-0.2, -0.15) is 5.26 Å². The smallest absolute Gasteiger partial charge is 0.266 e. The highest BCUT2D eigenvalue weighted by Crippen LogP contribution is 2.31. The summed E-state index contributed by atoms with van der Waals surface area (Å²) in [5, 5.41) is 12.7. The van der Waals surface area contributed by atoms with Gasteiger partial charge in [-0.15, -0.1) is 0 Å². The van der Waals surface area contributed by atoms with Crippen molar-refractivity contribution in [1.82, 2.24) is 0 Å². The molecular formula is C26H22Cl2N2O3. The largest absolute Gasteiger partial charge is 0.490 e. The van der Waals surface area contributed by atoms with Crippen molar-refractivity contribution in [3.8, 4) is 17.6 Å². The van der Waals surface area contributed by atoms with Gasteiger partial charge in [0, 0.05) is 0 Å². The van der Waals surface area contributed by atoms with E-state index >= 15 is 0 Å². The van der Waals surface area contributed by atoms with Crippen LogP contribution in [-0.4, -0.2) is 12.5 Å². The quantitative estimate of drug-likeness (QED) is 0.283. The molecule has 0 unspecified atom stereocenters. The van der Waals surface area contributed by atoms with Crippen LogP contribution in [0.2, 0.25) is 10.0 Å². The molecule has 0 aliphatic carbocycles. The molecule has 3 aromatic carbocycles. The highest BCUT2D eigenvalue weighted by atomic mass is 35.5. The van der Waals surface area contributed by atoms with Crippen molar-refractivity contribution < 1.29 is 14.3 Å². The minimum absolute atomic E-state index is 0.0954. The van der Waals surface area contributed by atoms with Gasteiger partial charge in [0.05, 0.1) is 22.3 Å². The zero-order chi connectivity index (χ0) is 23.8. The summed E-state index contributed by atoms with van der Waals surface area (Å²) in [5.74, 6) is 0.498. The third-order valence-corrected chi connectivity index (χ3v) is 5.44. The Morgan fingerprint density at radius 1 is 1.06 bits per heavy atom. The number of ether oxygens (including phenoxy) is 2. The molecule has 1 amide bonds.